The number of amides is 1. The molecule has 0 aliphatic carbocycles. The highest BCUT2D eigenvalue weighted by Gasteiger charge is 2.36. The highest BCUT2D eigenvalue weighted by Crippen LogP contribution is 2.24. The van der Waals surface area contributed by atoms with Crippen LogP contribution in [0.3, 0.4) is 0 Å². The van der Waals surface area contributed by atoms with Crippen molar-refractivity contribution in [3.63, 3.8) is 0 Å². The van der Waals surface area contributed by atoms with E-state index in [0.29, 0.717) is 5.56 Å². The van der Waals surface area contributed by atoms with E-state index in [1.807, 2.05) is 48.6 Å². The van der Waals surface area contributed by atoms with Crippen molar-refractivity contribution >= 4 is 18.0 Å². The van der Waals surface area contributed by atoms with E-state index < -0.39 is 11.5 Å². The summed E-state index contributed by atoms with van der Waals surface area (Å²) in [6, 6.07) is 18.1. The van der Waals surface area contributed by atoms with Crippen LogP contribution in [0, 0.1) is 5.41 Å². The molecule has 0 bridgehead atoms. The van der Waals surface area contributed by atoms with Crippen LogP contribution in [-0.2, 0) is 9.53 Å². The van der Waals surface area contributed by atoms with Crippen LogP contribution in [0.5, 0.6) is 0 Å². The van der Waals surface area contributed by atoms with E-state index in [0.717, 1.165) is 5.56 Å². The average molecular weight is 352 g/mol. The number of esters is 1. The quantitative estimate of drug-likeness (QED) is 0.593. The molecular formula is C21H24N2O3. The topological polar surface area (TPSA) is 67.4 Å². The van der Waals surface area contributed by atoms with Crippen LogP contribution < -0.4 is 10.9 Å². The normalized spacial score (nSPS) is 12.6. The number of hydrogen-bond acceptors (Lipinski definition) is 4. The molecule has 136 valence electrons. The van der Waals surface area contributed by atoms with Crippen LogP contribution >= 0.6 is 0 Å². The summed E-state index contributed by atoms with van der Waals surface area (Å²) in [5.74, 6) is -0.647. The van der Waals surface area contributed by atoms with Gasteiger partial charge in [0.25, 0.3) is 5.91 Å². The number of carbonyl (C=O) groups excluding carboxylic acids is 2. The minimum atomic E-state index is -0.885. The summed E-state index contributed by atoms with van der Waals surface area (Å²) in [6.45, 7) is 3.53. The maximum absolute atomic E-state index is 12.3. The lowest BCUT2D eigenvalue weighted by molar-refractivity contribution is -0.151. The fourth-order valence-corrected chi connectivity index (χ4v) is 2.44. The smallest absolute Gasteiger partial charge is 0.313 e. The molecule has 0 spiro atoms. The Balaban J connectivity index is 2.16. The fourth-order valence-electron chi connectivity index (χ4n) is 2.44. The molecule has 0 heterocycles. The standard InChI is InChI=1S/C21H24N2O3/c1-21(2,20(25)26-3)18(15-14-16-10-6-4-7-11-16)22-23-19(24)17-12-8-5-9-13-17/h4-15,18,22H,1-3H3,(H,23,24)/b15-14+. The number of carbonyl (C=O) groups is 2. The second kappa shape index (κ2) is 8.97. The molecule has 1 amide bonds. The van der Waals surface area contributed by atoms with Crippen molar-refractivity contribution in [3.8, 4) is 0 Å². The molecule has 2 aromatic carbocycles. The highest BCUT2D eigenvalue weighted by atomic mass is 16.5. The predicted octanol–water partition coefficient (Wildman–Crippen LogP) is 3.20. The Morgan fingerprint density at radius 2 is 1.58 bits per heavy atom. The van der Waals surface area contributed by atoms with Crippen molar-refractivity contribution in [3.05, 3.63) is 77.9 Å². The summed E-state index contributed by atoms with van der Waals surface area (Å²) < 4.78 is 4.91. The van der Waals surface area contributed by atoms with Gasteiger partial charge in [-0.1, -0.05) is 60.7 Å². The van der Waals surface area contributed by atoms with E-state index in [2.05, 4.69) is 10.9 Å². The number of rotatable bonds is 7. The van der Waals surface area contributed by atoms with Gasteiger partial charge in [0.1, 0.15) is 0 Å². The molecule has 0 radical (unpaired) electrons. The summed E-state index contributed by atoms with van der Waals surface area (Å²) in [6.07, 6.45) is 3.74. The minimum Gasteiger partial charge on any atom is -0.469 e. The maximum atomic E-state index is 12.3. The van der Waals surface area contributed by atoms with Crippen LogP contribution in [0.15, 0.2) is 66.7 Å². The highest BCUT2D eigenvalue weighted by molar-refractivity contribution is 5.93. The Labute approximate surface area is 154 Å². The summed E-state index contributed by atoms with van der Waals surface area (Å²) >= 11 is 0. The van der Waals surface area contributed by atoms with Gasteiger partial charge in [-0.3, -0.25) is 15.0 Å². The van der Waals surface area contributed by atoms with Gasteiger partial charge in [-0.2, -0.15) is 0 Å². The first-order valence-electron chi connectivity index (χ1n) is 8.37. The molecule has 1 atom stereocenters. The zero-order valence-electron chi connectivity index (χ0n) is 15.2. The zero-order valence-corrected chi connectivity index (χ0v) is 15.2. The minimum absolute atomic E-state index is 0.274. The molecule has 0 aliphatic heterocycles. The van der Waals surface area contributed by atoms with Gasteiger partial charge < -0.3 is 4.74 Å². The van der Waals surface area contributed by atoms with E-state index in [1.54, 1.807) is 38.1 Å². The first-order valence-corrected chi connectivity index (χ1v) is 8.37. The lowest BCUT2D eigenvalue weighted by Crippen LogP contribution is -2.52. The second-order valence-electron chi connectivity index (χ2n) is 6.43. The zero-order chi connectivity index (χ0) is 19.0. The summed E-state index contributed by atoms with van der Waals surface area (Å²) in [5.41, 5.74) is 6.27. The van der Waals surface area contributed by atoms with Crippen molar-refractivity contribution in [1.82, 2.24) is 10.9 Å². The van der Waals surface area contributed by atoms with Crippen molar-refractivity contribution < 1.29 is 14.3 Å². The van der Waals surface area contributed by atoms with E-state index >= 15 is 0 Å². The average Bonchev–Trinajstić information content (AvgIpc) is 2.68. The summed E-state index contributed by atoms with van der Waals surface area (Å²) in [5, 5.41) is 0. The molecule has 5 heteroatoms. The van der Waals surface area contributed by atoms with Gasteiger partial charge in [0.2, 0.25) is 0 Å². The Morgan fingerprint density at radius 3 is 2.15 bits per heavy atom. The van der Waals surface area contributed by atoms with Crippen LogP contribution in [0.4, 0.5) is 0 Å². The molecule has 2 aromatic rings. The van der Waals surface area contributed by atoms with Gasteiger partial charge in [-0.05, 0) is 31.5 Å². The molecular weight excluding hydrogens is 328 g/mol. The van der Waals surface area contributed by atoms with Crippen LogP contribution in [0.1, 0.15) is 29.8 Å². The number of nitrogens with one attached hydrogen (secondary N) is 2. The summed E-state index contributed by atoms with van der Waals surface area (Å²) in [7, 11) is 1.35. The number of ether oxygens (including phenoxy) is 1. The molecule has 26 heavy (non-hydrogen) atoms. The molecule has 0 fully saturated rings. The number of hydrogen-bond donors (Lipinski definition) is 2. The number of benzene rings is 2. The van der Waals surface area contributed by atoms with Gasteiger partial charge in [-0.25, -0.2) is 5.43 Å². The van der Waals surface area contributed by atoms with Crippen molar-refractivity contribution in [1.29, 1.82) is 0 Å². The molecule has 0 aromatic heterocycles. The monoisotopic (exact) mass is 352 g/mol. The van der Waals surface area contributed by atoms with Crippen molar-refractivity contribution in [2.75, 3.05) is 7.11 Å². The lowest BCUT2D eigenvalue weighted by Gasteiger charge is -2.30. The lowest BCUT2D eigenvalue weighted by atomic mass is 9.84. The van der Waals surface area contributed by atoms with Crippen LogP contribution in [0.25, 0.3) is 6.08 Å². The number of methoxy groups -OCH3 is 1. The molecule has 0 saturated heterocycles. The Bertz CT molecular complexity index is 755. The van der Waals surface area contributed by atoms with Crippen molar-refractivity contribution in [2.45, 2.75) is 19.9 Å². The van der Waals surface area contributed by atoms with Crippen LogP contribution in [-0.4, -0.2) is 25.0 Å². The van der Waals surface area contributed by atoms with Crippen molar-refractivity contribution in [2.24, 2.45) is 5.41 Å². The van der Waals surface area contributed by atoms with E-state index in [9.17, 15) is 9.59 Å². The fraction of sp³-hybridized carbons (Fsp3) is 0.238. The largest absolute Gasteiger partial charge is 0.469 e. The molecule has 5 nitrogen and oxygen atoms in total. The van der Waals surface area contributed by atoms with Gasteiger partial charge in [0, 0.05) is 5.56 Å². The van der Waals surface area contributed by atoms with E-state index in [-0.39, 0.29) is 11.9 Å². The number of hydrazine groups is 1. The Morgan fingerprint density at radius 1 is 1.00 bits per heavy atom. The van der Waals surface area contributed by atoms with Gasteiger partial charge in [0.05, 0.1) is 18.6 Å². The second-order valence-corrected chi connectivity index (χ2v) is 6.43. The van der Waals surface area contributed by atoms with Gasteiger partial charge in [-0.15, -0.1) is 0 Å². The molecule has 0 saturated carbocycles. The third-order valence-corrected chi connectivity index (χ3v) is 4.15. The third-order valence-electron chi connectivity index (χ3n) is 4.15. The molecule has 0 aliphatic rings. The predicted molar refractivity (Wildman–Crippen MR) is 102 cm³/mol. The maximum Gasteiger partial charge on any atom is 0.313 e. The first kappa shape index (κ1) is 19.4. The van der Waals surface area contributed by atoms with Gasteiger partial charge >= 0.3 is 5.97 Å². The molecule has 2 N–H and O–H groups in total. The molecule has 2 rings (SSSR count). The summed E-state index contributed by atoms with van der Waals surface area (Å²) in [4.78, 5) is 24.5. The Hall–Kier alpha value is -2.92. The van der Waals surface area contributed by atoms with E-state index in [4.69, 9.17) is 4.74 Å². The van der Waals surface area contributed by atoms with E-state index in [1.165, 1.54) is 7.11 Å². The van der Waals surface area contributed by atoms with Crippen LogP contribution in [0.2, 0.25) is 0 Å². The first-order chi connectivity index (χ1) is 12.4. The molecule has 1 unspecified atom stereocenters. The SMILES string of the molecule is COC(=O)C(C)(C)C(/C=C/c1ccccc1)NNC(=O)c1ccccc1. The third kappa shape index (κ3) is 5.04. The van der Waals surface area contributed by atoms with Gasteiger partial charge in [0.15, 0.2) is 0 Å². The Kier molecular flexibility index (Phi) is 6.69.